The zero-order valence-electron chi connectivity index (χ0n) is 13.7. The first kappa shape index (κ1) is 15.9. The van der Waals surface area contributed by atoms with Crippen molar-refractivity contribution in [3.63, 3.8) is 0 Å². The van der Waals surface area contributed by atoms with Crippen LogP contribution in [0.5, 0.6) is 0 Å². The number of thiophene rings is 1. The first-order chi connectivity index (χ1) is 12.3. The van der Waals surface area contributed by atoms with Crippen molar-refractivity contribution in [1.29, 1.82) is 0 Å². The minimum atomic E-state index is 0.262. The van der Waals surface area contributed by atoms with Gasteiger partial charge in [0, 0.05) is 30.5 Å². The number of benzene rings is 1. The van der Waals surface area contributed by atoms with Crippen molar-refractivity contribution >= 4 is 34.5 Å². The van der Waals surface area contributed by atoms with Gasteiger partial charge in [0.1, 0.15) is 5.82 Å². The second-order valence-corrected chi connectivity index (χ2v) is 6.69. The van der Waals surface area contributed by atoms with Gasteiger partial charge >= 0.3 is 0 Å². The first-order valence-electron chi connectivity index (χ1n) is 8.16. The van der Waals surface area contributed by atoms with Crippen LogP contribution in [0.4, 0.5) is 23.1 Å². The molecule has 0 bridgehead atoms. The highest BCUT2D eigenvalue weighted by Crippen LogP contribution is 2.27. The van der Waals surface area contributed by atoms with E-state index in [0.29, 0.717) is 5.82 Å². The predicted octanol–water partition coefficient (Wildman–Crippen LogP) is 3.37. The lowest BCUT2D eigenvalue weighted by Crippen LogP contribution is -2.36. The highest BCUT2D eigenvalue weighted by atomic mass is 32.1. The molecule has 128 valence electrons. The molecule has 0 saturated carbocycles. The van der Waals surface area contributed by atoms with Gasteiger partial charge in [-0.3, -0.25) is 0 Å². The highest BCUT2D eigenvalue weighted by molar-refractivity contribution is 7.13. The van der Waals surface area contributed by atoms with E-state index in [9.17, 15) is 0 Å². The number of anilines is 4. The Hall–Kier alpha value is -2.64. The summed E-state index contributed by atoms with van der Waals surface area (Å²) >= 11 is 1.63. The molecule has 0 atom stereocenters. The maximum Gasteiger partial charge on any atom is 0.222 e. The Morgan fingerprint density at radius 2 is 1.88 bits per heavy atom. The van der Waals surface area contributed by atoms with E-state index in [1.54, 1.807) is 11.3 Å². The van der Waals surface area contributed by atoms with E-state index in [2.05, 4.69) is 32.3 Å². The van der Waals surface area contributed by atoms with Gasteiger partial charge in [0.05, 0.1) is 23.8 Å². The molecule has 0 radical (unpaired) electrons. The smallest absolute Gasteiger partial charge is 0.222 e. The van der Waals surface area contributed by atoms with Gasteiger partial charge in [-0.25, -0.2) is 4.98 Å². The van der Waals surface area contributed by atoms with Crippen molar-refractivity contribution in [2.24, 2.45) is 0 Å². The van der Waals surface area contributed by atoms with Crippen LogP contribution in [0.3, 0.4) is 0 Å². The fourth-order valence-electron chi connectivity index (χ4n) is 2.81. The summed E-state index contributed by atoms with van der Waals surface area (Å²) in [6, 6.07) is 14.2. The summed E-state index contributed by atoms with van der Waals surface area (Å²) in [6.45, 7) is 3.43. The van der Waals surface area contributed by atoms with Crippen molar-refractivity contribution in [3.05, 3.63) is 47.8 Å². The lowest BCUT2D eigenvalue weighted by Gasteiger charge is -2.28. The molecule has 0 unspecified atom stereocenters. The SMILES string of the molecule is Nc1nc(Nc2ccc(N3CCOCC3)cc2)cc(-c2cccs2)n1. The second kappa shape index (κ2) is 7.08. The quantitative estimate of drug-likeness (QED) is 0.749. The van der Waals surface area contributed by atoms with E-state index in [0.717, 1.165) is 42.6 Å². The molecule has 7 heteroatoms. The number of hydrogen-bond acceptors (Lipinski definition) is 7. The number of nitrogen functional groups attached to an aromatic ring is 1. The molecule has 1 fully saturated rings. The lowest BCUT2D eigenvalue weighted by atomic mass is 10.2. The van der Waals surface area contributed by atoms with E-state index in [-0.39, 0.29) is 5.95 Å². The number of morpholine rings is 1. The van der Waals surface area contributed by atoms with Gasteiger partial charge in [-0.1, -0.05) is 6.07 Å². The fraction of sp³-hybridized carbons (Fsp3) is 0.222. The molecular weight excluding hydrogens is 334 g/mol. The zero-order valence-corrected chi connectivity index (χ0v) is 14.5. The summed E-state index contributed by atoms with van der Waals surface area (Å²) in [5, 5.41) is 5.33. The first-order valence-corrected chi connectivity index (χ1v) is 9.04. The topological polar surface area (TPSA) is 76.3 Å². The number of nitrogens with two attached hydrogens (primary N) is 1. The summed E-state index contributed by atoms with van der Waals surface area (Å²) in [6.07, 6.45) is 0. The standard InChI is InChI=1S/C18H19N5OS/c19-18-21-15(16-2-1-11-25-16)12-17(22-18)20-13-3-5-14(6-4-13)23-7-9-24-10-8-23/h1-6,11-12H,7-10H2,(H3,19,20,21,22). The number of rotatable bonds is 4. The Morgan fingerprint density at radius 1 is 1.08 bits per heavy atom. The summed E-state index contributed by atoms with van der Waals surface area (Å²) in [4.78, 5) is 12.0. The molecule has 3 N–H and O–H groups in total. The number of ether oxygens (including phenoxy) is 1. The number of nitrogens with one attached hydrogen (secondary N) is 1. The summed E-state index contributed by atoms with van der Waals surface area (Å²) < 4.78 is 5.40. The van der Waals surface area contributed by atoms with E-state index in [1.807, 2.05) is 35.7 Å². The monoisotopic (exact) mass is 353 g/mol. The molecule has 1 aromatic carbocycles. The molecule has 0 spiro atoms. The van der Waals surface area contributed by atoms with Gasteiger partial charge in [0.25, 0.3) is 0 Å². The van der Waals surface area contributed by atoms with Gasteiger partial charge in [0.15, 0.2) is 0 Å². The molecule has 25 heavy (non-hydrogen) atoms. The Bertz CT molecular complexity index is 829. The van der Waals surface area contributed by atoms with Crippen molar-refractivity contribution in [3.8, 4) is 10.6 Å². The van der Waals surface area contributed by atoms with Crippen LogP contribution in [0.25, 0.3) is 10.6 Å². The highest BCUT2D eigenvalue weighted by Gasteiger charge is 2.11. The third-order valence-electron chi connectivity index (χ3n) is 4.03. The third kappa shape index (κ3) is 3.72. The third-order valence-corrected chi connectivity index (χ3v) is 4.93. The van der Waals surface area contributed by atoms with Gasteiger partial charge in [0.2, 0.25) is 5.95 Å². The lowest BCUT2D eigenvalue weighted by molar-refractivity contribution is 0.122. The number of aromatic nitrogens is 2. The van der Waals surface area contributed by atoms with Crippen LogP contribution < -0.4 is 16.0 Å². The minimum absolute atomic E-state index is 0.262. The van der Waals surface area contributed by atoms with Crippen LogP contribution in [0, 0.1) is 0 Å². The van der Waals surface area contributed by atoms with Gasteiger partial charge in [-0.2, -0.15) is 4.98 Å². The van der Waals surface area contributed by atoms with Crippen molar-refractivity contribution in [2.75, 3.05) is 42.3 Å². The van der Waals surface area contributed by atoms with Crippen molar-refractivity contribution in [1.82, 2.24) is 9.97 Å². The molecule has 1 aliphatic rings. The average molecular weight is 353 g/mol. The summed E-state index contributed by atoms with van der Waals surface area (Å²) in [5.74, 6) is 0.952. The van der Waals surface area contributed by atoms with E-state index in [4.69, 9.17) is 10.5 Å². The number of nitrogens with zero attached hydrogens (tertiary/aromatic N) is 3. The second-order valence-electron chi connectivity index (χ2n) is 5.75. The molecule has 2 aromatic heterocycles. The van der Waals surface area contributed by atoms with Crippen molar-refractivity contribution < 1.29 is 4.74 Å². The van der Waals surface area contributed by atoms with Crippen LogP contribution in [-0.4, -0.2) is 36.3 Å². The maximum absolute atomic E-state index is 5.86. The molecule has 6 nitrogen and oxygen atoms in total. The minimum Gasteiger partial charge on any atom is -0.378 e. The Balaban J connectivity index is 1.52. The number of hydrogen-bond donors (Lipinski definition) is 2. The van der Waals surface area contributed by atoms with Crippen LogP contribution >= 0.6 is 11.3 Å². The largest absolute Gasteiger partial charge is 0.378 e. The molecule has 3 heterocycles. The fourth-order valence-corrected chi connectivity index (χ4v) is 3.49. The van der Waals surface area contributed by atoms with Crippen LogP contribution in [0.15, 0.2) is 47.8 Å². The summed E-state index contributed by atoms with van der Waals surface area (Å²) in [7, 11) is 0. The zero-order chi connectivity index (χ0) is 17.1. The average Bonchev–Trinajstić information content (AvgIpc) is 3.17. The maximum atomic E-state index is 5.86. The van der Waals surface area contributed by atoms with Crippen LogP contribution in [0.2, 0.25) is 0 Å². The normalized spacial score (nSPS) is 14.5. The summed E-state index contributed by atoms with van der Waals surface area (Å²) in [5.41, 5.74) is 8.86. The Labute approximate surface area is 150 Å². The van der Waals surface area contributed by atoms with Crippen LogP contribution in [-0.2, 0) is 4.74 Å². The molecule has 4 rings (SSSR count). The molecule has 3 aromatic rings. The Morgan fingerprint density at radius 3 is 2.60 bits per heavy atom. The molecule has 1 aliphatic heterocycles. The van der Waals surface area contributed by atoms with E-state index in [1.165, 1.54) is 5.69 Å². The van der Waals surface area contributed by atoms with Crippen molar-refractivity contribution in [2.45, 2.75) is 0 Å². The Kier molecular flexibility index (Phi) is 4.49. The van der Waals surface area contributed by atoms with E-state index < -0.39 is 0 Å². The van der Waals surface area contributed by atoms with Gasteiger partial charge in [-0.05, 0) is 35.7 Å². The molecule has 1 saturated heterocycles. The molecule has 0 amide bonds. The molecular formula is C18H19N5OS. The van der Waals surface area contributed by atoms with E-state index >= 15 is 0 Å². The molecule has 0 aliphatic carbocycles. The van der Waals surface area contributed by atoms with Gasteiger partial charge < -0.3 is 20.7 Å². The van der Waals surface area contributed by atoms with Gasteiger partial charge in [-0.15, -0.1) is 11.3 Å². The van der Waals surface area contributed by atoms with Crippen LogP contribution in [0.1, 0.15) is 0 Å². The predicted molar refractivity (Wildman–Crippen MR) is 103 cm³/mol.